The van der Waals surface area contributed by atoms with Crippen LogP contribution >= 0.6 is 39.3 Å². The first-order valence-corrected chi connectivity index (χ1v) is 7.81. The molecule has 5 nitrogen and oxygen atoms in total. The predicted molar refractivity (Wildman–Crippen MR) is 86.2 cm³/mol. The van der Waals surface area contributed by atoms with Crippen LogP contribution in [0.3, 0.4) is 0 Å². The number of hydrogen-bond donors (Lipinski definition) is 2. The molecule has 1 heterocycles. The van der Waals surface area contributed by atoms with E-state index in [2.05, 4.69) is 25.9 Å². The van der Waals surface area contributed by atoms with Crippen molar-refractivity contribution in [3.8, 4) is 5.75 Å². The van der Waals surface area contributed by atoms with E-state index >= 15 is 0 Å². The van der Waals surface area contributed by atoms with Gasteiger partial charge in [-0.1, -0.05) is 23.4 Å². The van der Waals surface area contributed by atoms with Crippen LogP contribution < -0.4 is 16.2 Å². The van der Waals surface area contributed by atoms with Crippen LogP contribution in [0.4, 0.5) is 11.6 Å². The number of benzene rings is 1. The lowest BCUT2D eigenvalue weighted by Gasteiger charge is -2.08. The molecule has 0 unspecified atom stereocenters. The van der Waals surface area contributed by atoms with Crippen LogP contribution in [-0.4, -0.2) is 22.3 Å². The van der Waals surface area contributed by atoms with E-state index in [1.54, 1.807) is 12.1 Å². The lowest BCUT2D eigenvalue weighted by Crippen LogP contribution is -2.03. The zero-order valence-corrected chi connectivity index (χ0v) is 13.5. The monoisotopic (exact) mass is 374 g/mol. The van der Waals surface area contributed by atoms with Crippen LogP contribution in [0.5, 0.6) is 5.75 Å². The Balaban J connectivity index is 1.84. The maximum atomic E-state index is 5.86. The Morgan fingerprint density at radius 2 is 1.90 bits per heavy atom. The Morgan fingerprint density at radius 1 is 1.20 bits per heavy atom. The van der Waals surface area contributed by atoms with Crippen molar-refractivity contribution in [2.45, 2.75) is 5.16 Å². The second-order valence-electron chi connectivity index (χ2n) is 3.77. The van der Waals surface area contributed by atoms with Crippen LogP contribution in [-0.2, 0) is 0 Å². The number of nitrogen functional groups attached to an aromatic ring is 2. The molecule has 0 saturated carbocycles. The number of halogens is 2. The number of aromatic nitrogens is 2. The van der Waals surface area contributed by atoms with E-state index in [0.717, 1.165) is 10.2 Å². The van der Waals surface area contributed by atoms with Gasteiger partial charge in [-0.05, 0) is 34.1 Å². The zero-order chi connectivity index (χ0) is 14.5. The lowest BCUT2D eigenvalue weighted by molar-refractivity contribution is 0.341. The van der Waals surface area contributed by atoms with Crippen molar-refractivity contribution in [3.63, 3.8) is 0 Å². The smallest absolute Gasteiger partial charge is 0.191 e. The highest BCUT2D eigenvalue weighted by Gasteiger charge is 2.04. The molecule has 0 fully saturated rings. The summed E-state index contributed by atoms with van der Waals surface area (Å²) in [6.07, 6.45) is 0. The molecule has 1 aromatic heterocycles. The van der Waals surface area contributed by atoms with Gasteiger partial charge in [0.1, 0.15) is 17.4 Å². The molecule has 4 N–H and O–H groups in total. The van der Waals surface area contributed by atoms with Crippen molar-refractivity contribution < 1.29 is 4.74 Å². The van der Waals surface area contributed by atoms with Crippen molar-refractivity contribution in [1.82, 2.24) is 9.97 Å². The summed E-state index contributed by atoms with van der Waals surface area (Å²) in [6, 6.07) is 6.89. The largest absolute Gasteiger partial charge is 0.492 e. The number of anilines is 2. The third kappa shape index (κ3) is 4.43. The van der Waals surface area contributed by atoms with Crippen LogP contribution in [0.1, 0.15) is 0 Å². The van der Waals surface area contributed by atoms with Gasteiger partial charge in [-0.2, -0.15) is 0 Å². The van der Waals surface area contributed by atoms with Crippen molar-refractivity contribution >= 4 is 50.9 Å². The molecular formula is C12H12BrClN4OS. The predicted octanol–water partition coefficient (Wildman–Crippen LogP) is 3.23. The fraction of sp³-hybridized carbons (Fsp3) is 0.167. The maximum absolute atomic E-state index is 5.86. The summed E-state index contributed by atoms with van der Waals surface area (Å²) in [5.74, 6) is 2.14. The van der Waals surface area contributed by atoms with E-state index in [1.807, 2.05) is 6.07 Å². The molecule has 0 aliphatic heterocycles. The van der Waals surface area contributed by atoms with E-state index in [0.29, 0.717) is 34.2 Å². The summed E-state index contributed by atoms with van der Waals surface area (Å²) in [5.41, 5.74) is 11.2. The topological polar surface area (TPSA) is 87.1 Å². The summed E-state index contributed by atoms with van der Waals surface area (Å²) in [5, 5.41) is 1.20. The van der Waals surface area contributed by atoms with Crippen LogP contribution in [0.25, 0.3) is 0 Å². The summed E-state index contributed by atoms with van der Waals surface area (Å²) < 4.78 is 6.45. The Hall–Kier alpha value is -1.18. The molecule has 2 aromatic rings. The van der Waals surface area contributed by atoms with Crippen LogP contribution in [0, 0.1) is 0 Å². The fourth-order valence-corrected chi connectivity index (χ4v) is 2.89. The van der Waals surface area contributed by atoms with Crippen LogP contribution in [0.2, 0.25) is 5.02 Å². The Labute approximate surface area is 134 Å². The summed E-state index contributed by atoms with van der Waals surface area (Å²) in [4.78, 5) is 8.15. The third-order valence-corrected chi connectivity index (χ3v) is 3.88. The van der Waals surface area contributed by atoms with Gasteiger partial charge in [0.2, 0.25) is 0 Å². The van der Waals surface area contributed by atoms with Crippen molar-refractivity contribution in [2.75, 3.05) is 23.8 Å². The van der Waals surface area contributed by atoms with Gasteiger partial charge < -0.3 is 16.2 Å². The number of rotatable bonds is 5. The Morgan fingerprint density at radius 3 is 2.55 bits per heavy atom. The molecule has 0 atom stereocenters. The van der Waals surface area contributed by atoms with E-state index < -0.39 is 0 Å². The van der Waals surface area contributed by atoms with Gasteiger partial charge in [0.15, 0.2) is 5.16 Å². The molecular weight excluding hydrogens is 364 g/mol. The lowest BCUT2D eigenvalue weighted by atomic mass is 10.3. The molecule has 0 bridgehead atoms. The van der Waals surface area contributed by atoms with Gasteiger partial charge in [0.05, 0.1) is 11.1 Å². The average Bonchev–Trinajstić information content (AvgIpc) is 2.35. The Kier molecular flexibility index (Phi) is 5.33. The number of nitrogens with zero attached hydrogens (tertiary/aromatic N) is 2. The van der Waals surface area contributed by atoms with Crippen molar-refractivity contribution in [2.24, 2.45) is 0 Å². The SMILES string of the molecule is Nc1cc(N)nc(SCCOc2ccc(Cl)cc2Br)n1. The quantitative estimate of drug-likeness (QED) is 0.474. The fourth-order valence-electron chi connectivity index (χ4n) is 1.40. The van der Waals surface area contributed by atoms with E-state index in [1.165, 1.54) is 17.8 Å². The molecule has 0 amide bonds. The van der Waals surface area contributed by atoms with E-state index in [4.69, 9.17) is 27.8 Å². The minimum atomic E-state index is 0.362. The molecule has 8 heteroatoms. The van der Waals surface area contributed by atoms with Gasteiger partial charge in [0.25, 0.3) is 0 Å². The minimum Gasteiger partial charge on any atom is -0.492 e. The number of hydrogen-bond acceptors (Lipinski definition) is 6. The number of nitrogens with two attached hydrogens (primary N) is 2. The third-order valence-electron chi connectivity index (χ3n) is 2.21. The first-order chi connectivity index (χ1) is 9.54. The summed E-state index contributed by atoms with van der Waals surface area (Å²) in [7, 11) is 0. The number of ether oxygens (including phenoxy) is 1. The summed E-state index contributed by atoms with van der Waals surface area (Å²) in [6.45, 7) is 0.503. The molecule has 0 aliphatic carbocycles. The van der Waals surface area contributed by atoms with Crippen molar-refractivity contribution in [3.05, 3.63) is 33.8 Å². The first-order valence-electron chi connectivity index (χ1n) is 5.65. The van der Waals surface area contributed by atoms with Gasteiger partial charge in [-0.25, -0.2) is 9.97 Å². The zero-order valence-electron chi connectivity index (χ0n) is 10.3. The second-order valence-corrected chi connectivity index (χ2v) is 6.12. The molecule has 20 heavy (non-hydrogen) atoms. The molecule has 0 saturated heterocycles. The molecule has 0 radical (unpaired) electrons. The van der Waals surface area contributed by atoms with Gasteiger partial charge in [0, 0.05) is 16.8 Å². The van der Waals surface area contributed by atoms with Gasteiger partial charge in [-0.15, -0.1) is 0 Å². The Bertz CT molecular complexity index is 594. The van der Waals surface area contributed by atoms with Gasteiger partial charge >= 0.3 is 0 Å². The molecule has 0 aliphatic rings. The molecule has 2 rings (SSSR count). The van der Waals surface area contributed by atoms with Gasteiger partial charge in [-0.3, -0.25) is 0 Å². The standard InChI is InChI=1S/C12H12BrClN4OS/c13-8-5-7(14)1-2-9(8)19-3-4-20-12-17-10(15)6-11(16)18-12/h1-2,5-6H,3-4H2,(H4,15,16,17,18). The first kappa shape index (κ1) is 15.2. The molecule has 106 valence electrons. The van der Waals surface area contributed by atoms with Crippen LogP contribution in [0.15, 0.2) is 33.9 Å². The highest BCUT2D eigenvalue weighted by molar-refractivity contribution is 9.10. The summed E-state index contributed by atoms with van der Waals surface area (Å²) >= 11 is 10.7. The highest BCUT2D eigenvalue weighted by atomic mass is 79.9. The van der Waals surface area contributed by atoms with Crippen molar-refractivity contribution in [1.29, 1.82) is 0 Å². The van der Waals surface area contributed by atoms with E-state index in [-0.39, 0.29) is 0 Å². The second kappa shape index (κ2) is 7.01. The minimum absolute atomic E-state index is 0.362. The maximum Gasteiger partial charge on any atom is 0.191 e. The highest BCUT2D eigenvalue weighted by Crippen LogP contribution is 2.28. The average molecular weight is 376 g/mol. The normalized spacial score (nSPS) is 10.5. The van der Waals surface area contributed by atoms with E-state index in [9.17, 15) is 0 Å². The molecule has 1 aromatic carbocycles. The molecule has 0 spiro atoms. The number of thioether (sulfide) groups is 1.